The van der Waals surface area contributed by atoms with E-state index in [0.29, 0.717) is 10.4 Å². The van der Waals surface area contributed by atoms with Crippen molar-refractivity contribution in [3.8, 4) is 6.07 Å². The Hall–Kier alpha value is -0.930. The van der Waals surface area contributed by atoms with Crippen molar-refractivity contribution in [3.05, 3.63) is 21.9 Å². The SMILES string of the molecule is N#Cc1csc(CS(=O)(=O)F)c1. The van der Waals surface area contributed by atoms with Gasteiger partial charge in [0.25, 0.3) is 0 Å². The minimum absolute atomic E-state index is 0.342. The van der Waals surface area contributed by atoms with E-state index in [4.69, 9.17) is 5.26 Å². The Morgan fingerprint density at radius 1 is 1.67 bits per heavy atom. The van der Waals surface area contributed by atoms with Crippen molar-refractivity contribution in [2.24, 2.45) is 0 Å². The van der Waals surface area contributed by atoms with Gasteiger partial charge in [0.1, 0.15) is 11.8 Å². The molecular formula is C6H4FNO2S2. The van der Waals surface area contributed by atoms with E-state index in [1.54, 1.807) is 0 Å². The standard InChI is InChI=1S/C6H4FNO2S2/c7-12(9,10)4-6-1-5(2-8)3-11-6/h1,3H,4H2. The molecule has 12 heavy (non-hydrogen) atoms. The zero-order chi connectivity index (χ0) is 9.19. The van der Waals surface area contributed by atoms with Crippen molar-refractivity contribution < 1.29 is 12.3 Å². The van der Waals surface area contributed by atoms with Crippen LogP contribution in [-0.4, -0.2) is 8.42 Å². The molecule has 0 fully saturated rings. The zero-order valence-corrected chi connectivity index (χ0v) is 7.45. The van der Waals surface area contributed by atoms with Crippen LogP contribution in [0.25, 0.3) is 0 Å². The zero-order valence-electron chi connectivity index (χ0n) is 5.82. The summed E-state index contributed by atoms with van der Waals surface area (Å²) in [5.41, 5.74) is 0.360. The van der Waals surface area contributed by atoms with Crippen LogP contribution in [0, 0.1) is 11.3 Å². The van der Waals surface area contributed by atoms with E-state index in [-0.39, 0.29) is 0 Å². The monoisotopic (exact) mass is 205 g/mol. The van der Waals surface area contributed by atoms with Crippen molar-refractivity contribution >= 4 is 21.6 Å². The van der Waals surface area contributed by atoms with E-state index in [1.165, 1.54) is 11.4 Å². The molecule has 1 aromatic rings. The second-order valence-corrected chi connectivity index (χ2v) is 4.46. The van der Waals surface area contributed by atoms with Crippen molar-refractivity contribution in [2.45, 2.75) is 5.75 Å². The summed E-state index contributed by atoms with van der Waals surface area (Å²) in [5.74, 6) is -0.640. The van der Waals surface area contributed by atoms with Crippen LogP contribution in [-0.2, 0) is 16.0 Å². The van der Waals surface area contributed by atoms with Crippen LogP contribution in [0.3, 0.4) is 0 Å². The van der Waals surface area contributed by atoms with Gasteiger partial charge in [-0.1, -0.05) is 0 Å². The van der Waals surface area contributed by atoms with Crippen LogP contribution < -0.4 is 0 Å². The van der Waals surface area contributed by atoms with E-state index in [1.807, 2.05) is 6.07 Å². The Morgan fingerprint density at radius 3 is 2.75 bits per heavy atom. The Balaban J connectivity index is 2.87. The van der Waals surface area contributed by atoms with Gasteiger partial charge < -0.3 is 0 Å². The quantitative estimate of drug-likeness (QED) is 0.686. The maximum Gasteiger partial charge on any atom is 0.307 e. The minimum atomic E-state index is -4.47. The lowest BCUT2D eigenvalue weighted by molar-refractivity contribution is 0.551. The topological polar surface area (TPSA) is 57.9 Å². The number of thiophene rings is 1. The molecule has 0 saturated heterocycles. The summed E-state index contributed by atoms with van der Waals surface area (Å²) < 4.78 is 32.4. The molecule has 64 valence electrons. The molecule has 1 rings (SSSR count). The van der Waals surface area contributed by atoms with Gasteiger partial charge in [0.05, 0.1) is 5.56 Å². The molecule has 1 heterocycles. The molecule has 0 N–H and O–H groups in total. The van der Waals surface area contributed by atoms with Gasteiger partial charge in [-0.05, 0) is 6.07 Å². The fraction of sp³-hybridized carbons (Fsp3) is 0.167. The minimum Gasteiger partial charge on any atom is -0.194 e. The van der Waals surface area contributed by atoms with Gasteiger partial charge >= 0.3 is 10.2 Å². The molecule has 0 atom stereocenters. The summed E-state index contributed by atoms with van der Waals surface area (Å²) in [6.45, 7) is 0. The average molecular weight is 205 g/mol. The molecule has 1 aromatic heterocycles. The van der Waals surface area contributed by atoms with Crippen LogP contribution >= 0.6 is 11.3 Å². The molecule has 0 aliphatic rings. The van der Waals surface area contributed by atoms with Crippen LogP contribution in [0.5, 0.6) is 0 Å². The van der Waals surface area contributed by atoms with Gasteiger partial charge in [-0.25, -0.2) is 0 Å². The van der Waals surface area contributed by atoms with Crippen LogP contribution in [0.15, 0.2) is 11.4 Å². The molecule has 0 amide bonds. The Labute approximate surface area is 73.3 Å². The lowest BCUT2D eigenvalue weighted by Gasteiger charge is -1.87. The number of nitriles is 1. The Kier molecular flexibility index (Phi) is 2.45. The predicted octanol–water partition coefficient (Wildman–Crippen LogP) is 1.42. The molecular weight excluding hydrogens is 201 g/mol. The maximum absolute atomic E-state index is 12.1. The number of halogens is 1. The second kappa shape index (κ2) is 3.21. The second-order valence-electron chi connectivity index (χ2n) is 2.10. The number of nitrogens with zero attached hydrogens (tertiary/aromatic N) is 1. The van der Waals surface area contributed by atoms with Crippen LogP contribution in [0.2, 0.25) is 0 Å². The molecule has 0 bridgehead atoms. The summed E-state index contributed by atoms with van der Waals surface area (Å²) in [6.07, 6.45) is 0. The van der Waals surface area contributed by atoms with E-state index < -0.39 is 16.0 Å². The first-order valence-corrected chi connectivity index (χ1v) is 5.34. The maximum atomic E-state index is 12.1. The highest BCUT2D eigenvalue weighted by atomic mass is 32.3. The molecule has 6 heteroatoms. The van der Waals surface area contributed by atoms with Crippen molar-refractivity contribution in [2.75, 3.05) is 0 Å². The molecule has 0 aromatic carbocycles. The lowest BCUT2D eigenvalue weighted by Crippen LogP contribution is -1.92. The van der Waals surface area contributed by atoms with E-state index in [9.17, 15) is 12.3 Å². The molecule has 0 aliphatic carbocycles. The number of hydrogen-bond donors (Lipinski definition) is 0. The van der Waals surface area contributed by atoms with Crippen molar-refractivity contribution in [3.63, 3.8) is 0 Å². The summed E-state index contributed by atoms with van der Waals surface area (Å²) in [4.78, 5) is 0.342. The summed E-state index contributed by atoms with van der Waals surface area (Å²) in [6, 6.07) is 3.19. The van der Waals surface area contributed by atoms with Crippen LogP contribution in [0.1, 0.15) is 10.4 Å². The number of rotatable bonds is 2. The van der Waals surface area contributed by atoms with Gasteiger partial charge in [-0.2, -0.15) is 13.7 Å². The van der Waals surface area contributed by atoms with Gasteiger partial charge in [-0.3, -0.25) is 0 Å². The Morgan fingerprint density at radius 2 is 2.33 bits per heavy atom. The molecule has 0 radical (unpaired) electrons. The third-order valence-electron chi connectivity index (χ3n) is 1.10. The molecule has 3 nitrogen and oxygen atoms in total. The molecule has 0 unspecified atom stereocenters. The van der Waals surface area contributed by atoms with Gasteiger partial charge in [0.2, 0.25) is 0 Å². The lowest BCUT2D eigenvalue weighted by atomic mass is 10.3. The van der Waals surface area contributed by atoms with Crippen molar-refractivity contribution in [1.82, 2.24) is 0 Å². The van der Waals surface area contributed by atoms with Crippen molar-refractivity contribution in [1.29, 1.82) is 5.26 Å². The first-order chi connectivity index (χ1) is 5.51. The largest absolute Gasteiger partial charge is 0.307 e. The van der Waals surface area contributed by atoms with Gasteiger partial charge in [0, 0.05) is 10.3 Å². The van der Waals surface area contributed by atoms with Gasteiger partial charge in [-0.15, -0.1) is 15.2 Å². The van der Waals surface area contributed by atoms with E-state index in [0.717, 1.165) is 11.3 Å². The predicted molar refractivity (Wildman–Crippen MR) is 42.8 cm³/mol. The highest BCUT2D eigenvalue weighted by Crippen LogP contribution is 2.17. The fourth-order valence-electron chi connectivity index (χ4n) is 0.685. The summed E-state index contributed by atoms with van der Waals surface area (Å²) >= 11 is 1.06. The van der Waals surface area contributed by atoms with Crippen LogP contribution in [0.4, 0.5) is 3.89 Å². The molecule has 0 aliphatic heterocycles. The van der Waals surface area contributed by atoms with E-state index in [2.05, 4.69) is 0 Å². The smallest absolute Gasteiger partial charge is 0.194 e. The van der Waals surface area contributed by atoms with Gasteiger partial charge in [0.15, 0.2) is 0 Å². The molecule has 0 spiro atoms. The average Bonchev–Trinajstić information content (AvgIpc) is 2.32. The molecule has 0 saturated carbocycles. The first-order valence-electron chi connectivity index (χ1n) is 2.91. The first kappa shape index (κ1) is 9.16. The highest BCUT2D eigenvalue weighted by molar-refractivity contribution is 7.85. The van der Waals surface area contributed by atoms with E-state index >= 15 is 0 Å². The normalized spacial score (nSPS) is 11.0. The number of hydrogen-bond acceptors (Lipinski definition) is 4. The summed E-state index contributed by atoms with van der Waals surface area (Å²) in [7, 11) is -4.47. The Bertz CT molecular complexity index is 415. The fourth-order valence-corrected chi connectivity index (χ4v) is 2.40. The highest BCUT2D eigenvalue weighted by Gasteiger charge is 2.10. The third kappa shape index (κ3) is 2.60. The third-order valence-corrected chi connectivity index (χ3v) is 2.87. The summed E-state index contributed by atoms with van der Waals surface area (Å²) in [5, 5.41) is 9.85.